The molecule has 2 atom stereocenters. The fraction of sp³-hybridized carbons (Fsp3) is 0.417. The van der Waals surface area contributed by atoms with Crippen molar-refractivity contribution in [2.45, 2.75) is 32.1 Å². The van der Waals surface area contributed by atoms with Crippen LogP contribution in [0.1, 0.15) is 35.3 Å². The third-order valence-electron chi connectivity index (χ3n) is 6.62. The van der Waals surface area contributed by atoms with Gasteiger partial charge < -0.3 is 15.2 Å². The van der Waals surface area contributed by atoms with Crippen LogP contribution in [0.15, 0.2) is 34.6 Å². The quantitative estimate of drug-likeness (QED) is 0.460. The molecule has 2 N–H and O–H groups in total. The molecule has 1 amide bonds. The average molecular weight is 526 g/mol. The Labute approximate surface area is 210 Å². The number of aromatic amines is 1. The van der Waals surface area contributed by atoms with Crippen molar-refractivity contribution >= 4 is 34.8 Å². The second-order valence-corrected chi connectivity index (χ2v) is 10.3. The molecule has 36 heavy (non-hydrogen) atoms. The van der Waals surface area contributed by atoms with Crippen LogP contribution in [0.3, 0.4) is 0 Å². The summed E-state index contributed by atoms with van der Waals surface area (Å²) in [7, 11) is 3.85. The lowest BCUT2D eigenvalue weighted by Gasteiger charge is -2.44. The zero-order valence-electron chi connectivity index (χ0n) is 20.2. The van der Waals surface area contributed by atoms with E-state index in [1.807, 2.05) is 37.1 Å². The van der Waals surface area contributed by atoms with E-state index in [0.717, 1.165) is 6.20 Å². The summed E-state index contributed by atoms with van der Waals surface area (Å²) in [6, 6.07) is 3.40. The third-order valence-corrected chi connectivity index (χ3v) is 7.50. The summed E-state index contributed by atoms with van der Waals surface area (Å²) >= 11 is 1.41. The smallest absolute Gasteiger partial charge is 0.367 e. The molecule has 0 unspecified atom stereocenters. The Kier molecular flexibility index (Phi) is 7.22. The monoisotopic (exact) mass is 525 g/mol. The number of benzene rings is 1. The van der Waals surface area contributed by atoms with Gasteiger partial charge in [-0.2, -0.15) is 13.2 Å². The van der Waals surface area contributed by atoms with Gasteiger partial charge in [-0.15, -0.1) is 0 Å². The normalized spacial score (nSPS) is 21.6. The molecule has 2 aromatic rings. The Hall–Kier alpha value is -2.83. The molecule has 0 aliphatic carbocycles. The van der Waals surface area contributed by atoms with E-state index in [1.165, 1.54) is 24.1 Å². The van der Waals surface area contributed by atoms with Crippen LogP contribution in [0.5, 0.6) is 0 Å². The number of hydrogen-bond acceptors (Lipinski definition) is 6. The summed E-state index contributed by atoms with van der Waals surface area (Å²) in [5, 5.41) is 4.37. The predicted molar refractivity (Wildman–Crippen MR) is 134 cm³/mol. The number of halogens is 4. The molecule has 0 spiro atoms. The van der Waals surface area contributed by atoms with Crippen molar-refractivity contribution in [2.24, 2.45) is 0 Å². The highest BCUT2D eigenvalue weighted by Crippen LogP contribution is 2.38. The van der Waals surface area contributed by atoms with E-state index in [4.69, 9.17) is 0 Å². The standard InChI is InChI=1S/C24H27F4N5O2S/c1-13-9-33(10-14(2)32(13)4)21-7-19(25)16(15-11-31(3)36-12-15)5-20(21)30-23(35)17-8-29-22(34)6-18(17)24(26,27)28/h5-8,12-14H,9-11H2,1-4H3,(H,29,34)(H,30,35)/t13-,14+. The summed E-state index contributed by atoms with van der Waals surface area (Å²) in [5.41, 5.74) is -1.51. The van der Waals surface area contributed by atoms with Gasteiger partial charge in [-0.1, -0.05) is 0 Å². The van der Waals surface area contributed by atoms with Crippen LogP contribution in [0, 0.1) is 5.82 Å². The van der Waals surface area contributed by atoms with Gasteiger partial charge in [0.1, 0.15) is 5.82 Å². The Morgan fingerprint density at radius 3 is 2.39 bits per heavy atom. The molecule has 1 aromatic carbocycles. The summed E-state index contributed by atoms with van der Waals surface area (Å²) in [6.07, 6.45) is -4.16. The minimum atomic E-state index is -4.91. The maximum absolute atomic E-state index is 15.4. The first-order chi connectivity index (χ1) is 16.8. The molecule has 3 heterocycles. The van der Waals surface area contributed by atoms with Crippen molar-refractivity contribution in [3.05, 3.63) is 62.7 Å². The van der Waals surface area contributed by atoms with E-state index in [0.29, 0.717) is 37.0 Å². The van der Waals surface area contributed by atoms with Crippen LogP contribution in [-0.2, 0) is 6.18 Å². The first kappa shape index (κ1) is 26.2. The molecule has 1 fully saturated rings. The zero-order chi connectivity index (χ0) is 26.4. The van der Waals surface area contributed by atoms with Crippen LogP contribution >= 0.6 is 11.9 Å². The maximum atomic E-state index is 15.4. The predicted octanol–water partition coefficient (Wildman–Crippen LogP) is 4.25. The fourth-order valence-corrected chi connectivity index (χ4v) is 5.19. The van der Waals surface area contributed by atoms with Gasteiger partial charge in [0.25, 0.3) is 5.91 Å². The van der Waals surface area contributed by atoms with Crippen molar-refractivity contribution in [3.63, 3.8) is 0 Å². The second-order valence-electron chi connectivity index (χ2n) is 9.23. The molecule has 2 aliphatic heterocycles. The highest BCUT2D eigenvalue weighted by Gasteiger charge is 2.36. The number of rotatable bonds is 4. The number of hydrogen-bond donors (Lipinski definition) is 2. The zero-order valence-corrected chi connectivity index (χ0v) is 21.1. The number of aromatic nitrogens is 1. The topological polar surface area (TPSA) is 71.7 Å². The molecule has 1 saturated heterocycles. The largest absolute Gasteiger partial charge is 0.417 e. The molecule has 0 saturated carbocycles. The van der Waals surface area contributed by atoms with Gasteiger partial charge >= 0.3 is 6.18 Å². The molecule has 7 nitrogen and oxygen atoms in total. The highest BCUT2D eigenvalue weighted by atomic mass is 32.2. The van der Waals surface area contributed by atoms with Gasteiger partial charge in [0.15, 0.2) is 0 Å². The van der Waals surface area contributed by atoms with E-state index in [-0.39, 0.29) is 23.3 Å². The van der Waals surface area contributed by atoms with Crippen molar-refractivity contribution < 1.29 is 22.4 Å². The van der Waals surface area contributed by atoms with Crippen LogP contribution in [0.4, 0.5) is 28.9 Å². The highest BCUT2D eigenvalue weighted by molar-refractivity contribution is 8.00. The molecule has 0 bridgehead atoms. The Morgan fingerprint density at radius 1 is 1.14 bits per heavy atom. The van der Waals surface area contributed by atoms with Crippen LogP contribution in [0.2, 0.25) is 0 Å². The molecular weight excluding hydrogens is 498 g/mol. The number of carbonyl (C=O) groups is 1. The number of anilines is 2. The number of nitrogens with one attached hydrogen (secondary N) is 2. The van der Waals surface area contributed by atoms with Gasteiger partial charge in [0, 0.05) is 49.5 Å². The van der Waals surface area contributed by atoms with Crippen molar-refractivity contribution in [2.75, 3.05) is 43.9 Å². The van der Waals surface area contributed by atoms with Gasteiger partial charge in [0.2, 0.25) is 5.56 Å². The van der Waals surface area contributed by atoms with Crippen LogP contribution < -0.4 is 15.8 Å². The summed E-state index contributed by atoms with van der Waals surface area (Å²) in [4.78, 5) is 30.9. The van der Waals surface area contributed by atoms with Crippen molar-refractivity contribution in [1.29, 1.82) is 0 Å². The molecule has 0 radical (unpaired) electrons. The third kappa shape index (κ3) is 5.30. The number of likely N-dealkylation sites (N-methyl/N-ethyl adjacent to an activating group) is 2. The summed E-state index contributed by atoms with van der Waals surface area (Å²) < 4.78 is 58.0. The van der Waals surface area contributed by atoms with E-state index >= 15 is 4.39 Å². The number of piperazine rings is 1. The number of pyridine rings is 1. The fourth-order valence-electron chi connectivity index (χ4n) is 4.47. The average Bonchev–Trinajstić information content (AvgIpc) is 3.23. The van der Waals surface area contributed by atoms with Crippen LogP contribution in [0.25, 0.3) is 5.57 Å². The molecule has 194 valence electrons. The molecule has 1 aromatic heterocycles. The van der Waals surface area contributed by atoms with Gasteiger partial charge in [-0.25, -0.2) is 8.70 Å². The molecule has 2 aliphatic rings. The Morgan fingerprint density at radius 2 is 1.81 bits per heavy atom. The molecule has 12 heteroatoms. The summed E-state index contributed by atoms with van der Waals surface area (Å²) in [6.45, 7) is 5.59. The molecular formula is C24H27F4N5O2S. The lowest BCUT2D eigenvalue weighted by molar-refractivity contribution is -0.138. The van der Waals surface area contributed by atoms with Crippen LogP contribution in [-0.4, -0.2) is 65.9 Å². The number of H-pyrrole nitrogens is 1. The lowest BCUT2D eigenvalue weighted by atomic mass is 10.0. The Balaban J connectivity index is 1.78. The maximum Gasteiger partial charge on any atom is 0.417 e. The summed E-state index contributed by atoms with van der Waals surface area (Å²) in [5.74, 6) is -1.54. The first-order valence-corrected chi connectivity index (χ1v) is 12.2. The van der Waals surface area contributed by atoms with Gasteiger partial charge in [0.05, 0.1) is 22.5 Å². The molecule has 4 rings (SSSR count). The number of amides is 1. The first-order valence-electron chi connectivity index (χ1n) is 11.3. The van der Waals surface area contributed by atoms with Crippen molar-refractivity contribution in [3.8, 4) is 0 Å². The SMILES string of the molecule is C[C@@H]1CN(c2cc(F)c(C3=CSN(C)C3)cc2NC(=O)c2c[nH]c(=O)cc2C(F)(F)F)C[C@H](C)N1C. The second kappa shape index (κ2) is 9.91. The van der Waals surface area contributed by atoms with Crippen molar-refractivity contribution in [1.82, 2.24) is 14.2 Å². The van der Waals surface area contributed by atoms with E-state index < -0.39 is 34.6 Å². The number of carbonyl (C=O) groups excluding carboxylic acids is 1. The Bertz CT molecular complexity index is 1250. The van der Waals surface area contributed by atoms with E-state index in [1.54, 1.807) is 5.41 Å². The minimum Gasteiger partial charge on any atom is -0.367 e. The van der Waals surface area contributed by atoms with E-state index in [9.17, 15) is 22.8 Å². The van der Waals surface area contributed by atoms with Gasteiger partial charge in [-0.05, 0) is 63.0 Å². The number of nitrogens with zero attached hydrogens (tertiary/aromatic N) is 3. The van der Waals surface area contributed by atoms with Gasteiger partial charge in [-0.3, -0.25) is 14.5 Å². The number of alkyl halides is 3. The lowest BCUT2D eigenvalue weighted by Crippen LogP contribution is -2.55. The minimum absolute atomic E-state index is 0.124. The van der Waals surface area contributed by atoms with E-state index in [2.05, 4.69) is 15.2 Å².